The van der Waals surface area contributed by atoms with Crippen LogP contribution in [0.1, 0.15) is 21.5 Å². The van der Waals surface area contributed by atoms with Crippen LogP contribution in [0, 0.1) is 0 Å². The standard InChI is InChI=1S/C13H14N2OS/c1-2-11-7-8-12(17-11)13(16)15-10-5-3-9(14)4-6-10/h3-8H,2,14H2,1H3,(H,15,16). The number of aryl methyl sites for hydroxylation is 1. The zero-order valence-electron chi connectivity index (χ0n) is 9.57. The van der Waals surface area contributed by atoms with E-state index >= 15 is 0 Å². The van der Waals surface area contributed by atoms with Gasteiger partial charge in [0.1, 0.15) is 0 Å². The second-order valence-corrected chi connectivity index (χ2v) is 4.86. The highest BCUT2D eigenvalue weighted by molar-refractivity contribution is 7.14. The van der Waals surface area contributed by atoms with E-state index < -0.39 is 0 Å². The van der Waals surface area contributed by atoms with Gasteiger partial charge in [-0.2, -0.15) is 0 Å². The number of nitrogens with two attached hydrogens (primary N) is 1. The lowest BCUT2D eigenvalue weighted by Gasteiger charge is -2.03. The van der Waals surface area contributed by atoms with Gasteiger partial charge in [0.25, 0.3) is 5.91 Å². The van der Waals surface area contributed by atoms with Gasteiger partial charge in [-0.1, -0.05) is 6.92 Å². The Kier molecular flexibility index (Phi) is 3.44. The van der Waals surface area contributed by atoms with Gasteiger partial charge < -0.3 is 11.1 Å². The van der Waals surface area contributed by atoms with Crippen LogP contribution in [0.15, 0.2) is 36.4 Å². The van der Waals surface area contributed by atoms with Gasteiger partial charge in [-0.15, -0.1) is 11.3 Å². The number of hydrogen-bond donors (Lipinski definition) is 2. The Hall–Kier alpha value is -1.81. The van der Waals surface area contributed by atoms with Gasteiger partial charge in [-0.05, 0) is 42.8 Å². The molecule has 0 saturated heterocycles. The maximum Gasteiger partial charge on any atom is 0.265 e. The number of carbonyl (C=O) groups excluding carboxylic acids is 1. The molecule has 0 aliphatic carbocycles. The summed E-state index contributed by atoms with van der Waals surface area (Å²) in [6, 6.07) is 11.0. The smallest absolute Gasteiger partial charge is 0.265 e. The number of benzene rings is 1. The molecule has 4 heteroatoms. The van der Waals surface area contributed by atoms with Crippen LogP contribution in [-0.4, -0.2) is 5.91 Å². The van der Waals surface area contributed by atoms with Crippen molar-refractivity contribution < 1.29 is 4.79 Å². The van der Waals surface area contributed by atoms with Crippen LogP contribution in [-0.2, 0) is 6.42 Å². The van der Waals surface area contributed by atoms with Crippen molar-refractivity contribution in [1.29, 1.82) is 0 Å². The van der Waals surface area contributed by atoms with Crippen molar-refractivity contribution in [2.75, 3.05) is 11.1 Å². The molecule has 0 unspecified atom stereocenters. The van der Waals surface area contributed by atoms with E-state index in [0.717, 1.165) is 17.0 Å². The Labute approximate surface area is 104 Å². The lowest BCUT2D eigenvalue weighted by atomic mass is 10.3. The van der Waals surface area contributed by atoms with Crippen LogP contribution in [0.3, 0.4) is 0 Å². The summed E-state index contributed by atoms with van der Waals surface area (Å²) in [6.07, 6.45) is 0.958. The van der Waals surface area contributed by atoms with E-state index in [9.17, 15) is 4.79 Å². The summed E-state index contributed by atoms with van der Waals surface area (Å²) in [5, 5.41) is 2.84. The van der Waals surface area contributed by atoms with Crippen molar-refractivity contribution in [3.63, 3.8) is 0 Å². The van der Waals surface area contributed by atoms with E-state index in [1.165, 1.54) is 16.2 Å². The number of hydrogen-bond acceptors (Lipinski definition) is 3. The molecule has 2 rings (SSSR count). The second kappa shape index (κ2) is 5.01. The summed E-state index contributed by atoms with van der Waals surface area (Å²) in [5.41, 5.74) is 7.03. The lowest BCUT2D eigenvalue weighted by Crippen LogP contribution is -2.09. The molecule has 1 heterocycles. The van der Waals surface area contributed by atoms with Crippen LogP contribution in [0.4, 0.5) is 11.4 Å². The first-order chi connectivity index (χ1) is 8.19. The first kappa shape index (κ1) is 11.7. The molecule has 0 bridgehead atoms. The minimum Gasteiger partial charge on any atom is -0.399 e. The highest BCUT2D eigenvalue weighted by Crippen LogP contribution is 2.19. The third kappa shape index (κ3) is 2.85. The molecule has 0 atom stereocenters. The summed E-state index contributed by atoms with van der Waals surface area (Å²) in [5.74, 6) is -0.0699. The molecule has 0 aliphatic heterocycles. The van der Waals surface area contributed by atoms with E-state index in [4.69, 9.17) is 5.73 Å². The first-order valence-electron chi connectivity index (χ1n) is 5.44. The minimum atomic E-state index is -0.0699. The third-order valence-corrected chi connectivity index (χ3v) is 3.63. The van der Waals surface area contributed by atoms with Crippen LogP contribution < -0.4 is 11.1 Å². The first-order valence-corrected chi connectivity index (χ1v) is 6.26. The average Bonchev–Trinajstić information content (AvgIpc) is 2.81. The molecule has 3 N–H and O–H groups in total. The summed E-state index contributed by atoms with van der Waals surface area (Å²) in [4.78, 5) is 13.8. The zero-order chi connectivity index (χ0) is 12.3. The summed E-state index contributed by atoms with van der Waals surface area (Å²) < 4.78 is 0. The van der Waals surface area contributed by atoms with Crippen LogP contribution >= 0.6 is 11.3 Å². The Bertz CT molecular complexity index is 516. The van der Waals surface area contributed by atoms with Crippen molar-refractivity contribution in [2.24, 2.45) is 0 Å². The van der Waals surface area contributed by atoms with Crippen LogP contribution in [0.5, 0.6) is 0 Å². The number of rotatable bonds is 3. The third-order valence-electron chi connectivity index (χ3n) is 2.40. The highest BCUT2D eigenvalue weighted by Gasteiger charge is 2.08. The Morgan fingerprint density at radius 3 is 2.53 bits per heavy atom. The lowest BCUT2D eigenvalue weighted by molar-refractivity contribution is 0.103. The zero-order valence-corrected chi connectivity index (χ0v) is 10.4. The number of anilines is 2. The highest BCUT2D eigenvalue weighted by atomic mass is 32.1. The molecule has 88 valence electrons. The van der Waals surface area contributed by atoms with Gasteiger partial charge in [0.05, 0.1) is 4.88 Å². The number of nitrogen functional groups attached to an aromatic ring is 1. The van der Waals surface area contributed by atoms with E-state index in [1.54, 1.807) is 24.3 Å². The molecule has 0 fully saturated rings. The molecule has 0 saturated carbocycles. The minimum absolute atomic E-state index is 0.0699. The molecule has 3 nitrogen and oxygen atoms in total. The predicted octanol–water partition coefficient (Wildman–Crippen LogP) is 3.15. The van der Waals surface area contributed by atoms with Gasteiger partial charge >= 0.3 is 0 Å². The van der Waals surface area contributed by atoms with Gasteiger partial charge in [0.15, 0.2) is 0 Å². The number of amides is 1. The van der Waals surface area contributed by atoms with Crippen molar-refractivity contribution >= 4 is 28.6 Å². The largest absolute Gasteiger partial charge is 0.399 e. The second-order valence-electron chi connectivity index (χ2n) is 3.70. The maximum absolute atomic E-state index is 11.9. The van der Waals surface area contributed by atoms with Crippen molar-refractivity contribution in [3.05, 3.63) is 46.2 Å². The van der Waals surface area contributed by atoms with E-state index in [-0.39, 0.29) is 5.91 Å². The van der Waals surface area contributed by atoms with Crippen LogP contribution in [0.2, 0.25) is 0 Å². The van der Waals surface area contributed by atoms with Crippen molar-refractivity contribution in [3.8, 4) is 0 Å². The quantitative estimate of drug-likeness (QED) is 0.817. The Balaban J connectivity index is 2.08. The van der Waals surface area contributed by atoms with Gasteiger partial charge in [-0.3, -0.25) is 4.79 Å². The fourth-order valence-corrected chi connectivity index (χ4v) is 2.29. The van der Waals surface area contributed by atoms with Crippen molar-refractivity contribution in [2.45, 2.75) is 13.3 Å². The normalized spacial score (nSPS) is 10.2. The Morgan fingerprint density at radius 2 is 1.94 bits per heavy atom. The topological polar surface area (TPSA) is 55.1 Å². The molecule has 2 aromatic rings. The molecular weight excluding hydrogens is 232 g/mol. The molecule has 0 radical (unpaired) electrons. The summed E-state index contributed by atoms with van der Waals surface area (Å²) in [7, 11) is 0. The van der Waals surface area contributed by atoms with E-state index in [0.29, 0.717) is 5.69 Å². The SMILES string of the molecule is CCc1ccc(C(=O)Nc2ccc(N)cc2)s1. The fraction of sp³-hybridized carbons (Fsp3) is 0.154. The monoisotopic (exact) mass is 246 g/mol. The maximum atomic E-state index is 11.9. The van der Waals surface area contributed by atoms with E-state index in [1.807, 2.05) is 12.1 Å². The van der Waals surface area contributed by atoms with Crippen LogP contribution in [0.25, 0.3) is 0 Å². The summed E-state index contributed by atoms with van der Waals surface area (Å²) >= 11 is 1.53. The summed E-state index contributed by atoms with van der Waals surface area (Å²) in [6.45, 7) is 2.08. The Morgan fingerprint density at radius 1 is 1.24 bits per heavy atom. The van der Waals surface area contributed by atoms with Gasteiger partial charge in [-0.25, -0.2) is 0 Å². The van der Waals surface area contributed by atoms with Gasteiger partial charge in [0.2, 0.25) is 0 Å². The van der Waals surface area contributed by atoms with E-state index in [2.05, 4.69) is 12.2 Å². The van der Waals surface area contributed by atoms with Crippen molar-refractivity contribution in [1.82, 2.24) is 0 Å². The molecule has 0 spiro atoms. The molecule has 1 aromatic heterocycles. The number of carbonyl (C=O) groups is 1. The molecular formula is C13H14N2OS. The number of nitrogens with one attached hydrogen (secondary N) is 1. The average molecular weight is 246 g/mol. The fourth-order valence-electron chi connectivity index (χ4n) is 1.45. The van der Waals surface area contributed by atoms with Gasteiger partial charge in [0, 0.05) is 16.3 Å². The molecule has 1 aromatic carbocycles. The molecule has 1 amide bonds. The predicted molar refractivity (Wildman–Crippen MR) is 72.5 cm³/mol. The molecule has 17 heavy (non-hydrogen) atoms. The number of thiophene rings is 1. The molecule has 0 aliphatic rings.